The SMILES string of the molecule is COC/C(=C\I)c1ccccc1.P. The summed E-state index contributed by atoms with van der Waals surface area (Å²) in [5, 5.41) is 0. The molecule has 0 amide bonds. The maximum atomic E-state index is 5.08. The fourth-order valence-electron chi connectivity index (χ4n) is 0.986. The number of rotatable bonds is 3. The lowest BCUT2D eigenvalue weighted by molar-refractivity contribution is 0.240. The van der Waals surface area contributed by atoms with Gasteiger partial charge in [-0.2, -0.15) is 9.90 Å². The summed E-state index contributed by atoms with van der Waals surface area (Å²) in [5.74, 6) is 0. The Labute approximate surface area is 96.3 Å². The van der Waals surface area contributed by atoms with Gasteiger partial charge in [-0.1, -0.05) is 52.9 Å². The Morgan fingerprint density at radius 3 is 2.46 bits per heavy atom. The first kappa shape index (κ1) is 13.1. The van der Waals surface area contributed by atoms with Crippen molar-refractivity contribution >= 4 is 38.1 Å². The molecule has 1 aromatic carbocycles. The lowest BCUT2D eigenvalue weighted by Gasteiger charge is -2.04. The monoisotopic (exact) mass is 308 g/mol. The van der Waals surface area contributed by atoms with E-state index in [0.717, 1.165) is 0 Å². The Kier molecular flexibility index (Phi) is 7.53. The van der Waals surface area contributed by atoms with E-state index < -0.39 is 0 Å². The Morgan fingerprint density at radius 1 is 1.38 bits per heavy atom. The molecule has 0 saturated heterocycles. The van der Waals surface area contributed by atoms with Gasteiger partial charge in [0.05, 0.1) is 6.61 Å². The molecule has 13 heavy (non-hydrogen) atoms. The highest BCUT2D eigenvalue weighted by Crippen LogP contribution is 2.15. The second-order valence-electron chi connectivity index (χ2n) is 2.43. The maximum absolute atomic E-state index is 5.08. The Hall–Kier alpha value is 0.0800. The van der Waals surface area contributed by atoms with Gasteiger partial charge in [-0.25, -0.2) is 0 Å². The number of ether oxygens (including phenoxy) is 1. The zero-order valence-electron chi connectivity index (χ0n) is 7.66. The summed E-state index contributed by atoms with van der Waals surface area (Å²) < 4.78 is 7.13. The van der Waals surface area contributed by atoms with Crippen LogP contribution in [0.25, 0.3) is 5.57 Å². The molecule has 3 heteroatoms. The van der Waals surface area contributed by atoms with Crippen LogP contribution in [0.4, 0.5) is 0 Å². The molecular formula is C10H14IOP. The lowest BCUT2D eigenvalue weighted by Crippen LogP contribution is -1.92. The molecule has 1 aromatic rings. The second kappa shape index (κ2) is 7.48. The molecule has 0 N–H and O–H groups in total. The zero-order valence-corrected chi connectivity index (χ0v) is 11.2. The zero-order chi connectivity index (χ0) is 8.81. The minimum Gasteiger partial charge on any atom is -0.380 e. The third kappa shape index (κ3) is 4.21. The molecule has 1 rings (SSSR count). The van der Waals surface area contributed by atoms with Gasteiger partial charge >= 0.3 is 0 Å². The number of hydrogen-bond donors (Lipinski definition) is 0. The van der Waals surface area contributed by atoms with Gasteiger partial charge in [0.2, 0.25) is 0 Å². The van der Waals surface area contributed by atoms with Crippen molar-refractivity contribution in [3.05, 3.63) is 40.0 Å². The molecule has 1 unspecified atom stereocenters. The van der Waals surface area contributed by atoms with Crippen LogP contribution in [0.5, 0.6) is 0 Å². The normalized spacial score (nSPS) is 10.8. The molecule has 0 aliphatic rings. The van der Waals surface area contributed by atoms with Crippen LogP contribution < -0.4 is 0 Å². The summed E-state index contributed by atoms with van der Waals surface area (Å²) in [5.41, 5.74) is 2.45. The molecule has 0 radical (unpaired) electrons. The number of methoxy groups -OCH3 is 1. The fourth-order valence-corrected chi connectivity index (χ4v) is 1.52. The predicted molar refractivity (Wildman–Crippen MR) is 71.4 cm³/mol. The molecular weight excluding hydrogens is 294 g/mol. The average molecular weight is 308 g/mol. The van der Waals surface area contributed by atoms with Crippen molar-refractivity contribution in [2.24, 2.45) is 0 Å². The van der Waals surface area contributed by atoms with Crippen molar-refractivity contribution in [1.29, 1.82) is 0 Å². The third-order valence-electron chi connectivity index (χ3n) is 1.58. The second-order valence-corrected chi connectivity index (χ2v) is 3.06. The van der Waals surface area contributed by atoms with Crippen LogP contribution in [0.1, 0.15) is 5.56 Å². The van der Waals surface area contributed by atoms with Crippen LogP contribution in [0.2, 0.25) is 0 Å². The van der Waals surface area contributed by atoms with Crippen molar-refractivity contribution < 1.29 is 4.74 Å². The van der Waals surface area contributed by atoms with Gasteiger partial charge in [0, 0.05) is 7.11 Å². The molecule has 0 aliphatic heterocycles. The minimum absolute atomic E-state index is 0. The van der Waals surface area contributed by atoms with Crippen molar-refractivity contribution in [1.82, 2.24) is 0 Å². The van der Waals surface area contributed by atoms with Crippen LogP contribution in [-0.2, 0) is 4.74 Å². The van der Waals surface area contributed by atoms with Gasteiger partial charge in [0.1, 0.15) is 0 Å². The van der Waals surface area contributed by atoms with Gasteiger partial charge in [0.15, 0.2) is 0 Å². The van der Waals surface area contributed by atoms with Gasteiger partial charge in [-0.3, -0.25) is 0 Å². The van der Waals surface area contributed by atoms with Gasteiger partial charge in [-0.15, -0.1) is 0 Å². The lowest BCUT2D eigenvalue weighted by atomic mass is 10.1. The van der Waals surface area contributed by atoms with E-state index in [0.29, 0.717) is 6.61 Å². The average Bonchev–Trinajstić information content (AvgIpc) is 2.15. The third-order valence-corrected chi connectivity index (χ3v) is 2.33. The summed E-state index contributed by atoms with van der Waals surface area (Å²) in [6.45, 7) is 0.674. The maximum Gasteiger partial charge on any atom is 0.0723 e. The van der Waals surface area contributed by atoms with Crippen LogP contribution in [0, 0.1) is 0 Å². The molecule has 0 bridgehead atoms. The van der Waals surface area contributed by atoms with Crippen molar-refractivity contribution in [2.45, 2.75) is 0 Å². The van der Waals surface area contributed by atoms with Gasteiger partial charge in [-0.05, 0) is 15.2 Å². The smallest absolute Gasteiger partial charge is 0.0723 e. The molecule has 0 heterocycles. The topological polar surface area (TPSA) is 9.23 Å². The standard InChI is InChI=1S/C10H11IO.H3P/c1-12-8-10(7-11)9-5-3-2-4-6-9;/h2-7H,8H2,1H3;1H3/b10-7+;. The first-order valence-electron chi connectivity index (χ1n) is 3.72. The van der Waals surface area contributed by atoms with Crippen molar-refractivity contribution in [2.75, 3.05) is 13.7 Å². The first-order chi connectivity index (χ1) is 5.88. The molecule has 0 spiro atoms. The van der Waals surface area contributed by atoms with E-state index in [9.17, 15) is 0 Å². The predicted octanol–water partition coefficient (Wildman–Crippen LogP) is 3.17. The summed E-state index contributed by atoms with van der Waals surface area (Å²) in [6, 6.07) is 10.3. The largest absolute Gasteiger partial charge is 0.380 e. The van der Waals surface area contributed by atoms with Crippen LogP contribution in [-0.4, -0.2) is 13.7 Å². The molecule has 1 nitrogen and oxygen atoms in total. The van der Waals surface area contributed by atoms with Gasteiger partial charge in [0.25, 0.3) is 0 Å². The van der Waals surface area contributed by atoms with Crippen LogP contribution >= 0.6 is 32.5 Å². The Morgan fingerprint density at radius 2 is 2.00 bits per heavy atom. The van der Waals surface area contributed by atoms with E-state index in [2.05, 4.69) is 38.8 Å². The number of hydrogen-bond acceptors (Lipinski definition) is 1. The molecule has 0 aromatic heterocycles. The van der Waals surface area contributed by atoms with Crippen LogP contribution in [0.15, 0.2) is 34.4 Å². The Balaban J connectivity index is 0.00000144. The Bertz CT molecular complexity index is 259. The summed E-state index contributed by atoms with van der Waals surface area (Å²) in [6.07, 6.45) is 0. The molecule has 72 valence electrons. The molecule has 0 aliphatic carbocycles. The first-order valence-corrected chi connectivity index (χ1v) is 4.96. The quantitative estimate of drug-likeness (QED) is 0.616. The fraction of sp³-hybridized carbons (Fsp3) is 0.200. The van der Waals surface area contributed by atoms with Gasteiger partial charge < -0.3 is 4.74 Å². The number of halogens is 1. The summed E-state index contributed by atoms with van der Waals surface area (Å²) in [7, 11) is 1.71. The highest BCUT2D eigenvalue weighted by atomic mass is 127. The highest BCUT2D eigenvalue weighted by Gasteiger charge is 1.97. The molecule has 1 atom stereocenters. The molecule has 0 fully saturated rings. The van der Waals surface area contributed by atoms with Crippen LogP contribution in [0.3, 0.4) is 0 Å². The van der Waals surface area contributed by atoms with Crippen molar-refractivity contribution in [3.8, 4) is 0 Å². The van der Waals surface area contributed by atoms with Crippen molar-refractivity contribution in [3.63, 3.8) is 0 Å². The highest BCUT2D eigenvalue weighted by molar-refractivity contribution is 14.1. The summed E-state index contributed by atoms with van der Waals surface area (Å²) >= 11 is 2.23. The molecule has 0 saturated carbocycles. The van der Waals surface area contributed by atoms with E-state index in [4.69, 9.17) is 4.74 Å². The van der Waals surface area contributed by atoms with E-state index in [1.54, 1.807) is 7.11 Å². The van der Waals surface area contributed by atoms with E-state index in [1.807, 2.05) is 18.2 Å². The van der Waals surface area contributed by atoms with E-state index >= 15 is 0 Å². The summed E-state index contributed by atoms with van der Waals surface area (Å²) in [4.78, 5) is 0. The van der Waals surface area contributed by atoms with E-state index in [-0.39, 0.29) is 9.90 Å². The minimum atomic E-state index is 0. The number of benzene rings is 1. The van der Waals surface area contributed by atoms with E-state index in [1.165, 1.54) is 11.1 Å².